The minimum absolute atomic E-state index is 0.0110. The summed E-state index contributed by atoms with van der Waals surface area (Å²) in [5, 5.41) is 10.8. The fourth-order valence-corrected chi connectivity index (χ4v) is 5.25. The van der Waals surface area contributed by atoms with E-state index in [1.807, 2.05) is 23.1 Å². The molecule has 1 spiro atoms. The van der Waals surface area contributed by atoms with Gasteiger partial charge in [-0.2, -0.15) is 15.4 Å². The van der Waals surface area contributed by atoms with Crippen LogP contribution in [0.25, 0.3) is 11.0 Å². The molecule has 1 amide bonds. The van der Waals surface area contributed by atoms with Crippen molar-refractivity contribution in [1.29, 1.82) is 0 Å². The summed E-state index contributed by atoms with van der Waals surface area (Å²) in [7, 11) is 0. The first-order valence-corrected chi connectivity index (χ1v) is 10.2. The molecule has 7 nitrogen and oxygen atoms in total. The van der Waals surface area contributed by atoms with Crippen LogP contribution < -0.4 is 9.47 Å². The predicted octanol–water partition coefficient (Wildman–Crippen LogP) is 3.20. The third kappa shape index (κ3) is 2.60. The molecule has 1 saturated carbocycles. The van der Waals surface area contributed by atoms with Gasteiger partial charge in [-0.1, -0.05) is 12.8 Å². The van der Waals surface area contributed by atoms with Gasteiger partial charge in [-0.3, -0.25) is 4.79 Å². The SMILES string of the molecule is O=C(c1ccc2n[nH]nc2c1)N1Cc2cc3c(cc2C2(CCCC2)C1)OCCO3. The lowest BCUT2D eigenvalue weighted by Gasteiger charge is -2.43. The van der Waals surface area contributed by atoms with Gasteiger partial charge < -0.3 is 14.4 Å². The fraction of sp³-hybridized carbons (Fsp3) is 0.409. The lowest BCUT2D eigenvalue weighted by Crippen LogP contribution is -2.46. The largest absolute Gasteiger partial charge is 0.486 e. The van der Waals surface area contributed by atoms with E-state index >= 15 is 0 Å². The lowest BCUT2D eigenvalue weighted by molar-refractivity contribution is 0.0669. The zero-order valence-electron chi connectivity index (χ0n) is 16.1. The number of amides is 1. The molecule has 6 rings (SSSR count). The fourth-order valence-electron chi connectivity index (χ4n) is 5.25. The first-order chi connectivity index (χ1) is 14.2. The Labute approximate surface area is 168 Å². The third-order valence-electron chi connectivity index (χ3n) is 6.61. The molecule has 7 heteroatoms. The summed E-state index contributed by atoms with van der Waals surface area (Å²) in [5.74, 6) is 1.68. The third-order valence-corrected chi connectivity index (χ3v) is 6.61. The van der Waals surface area contributed by atoms with Gasteiger partial charge in [0.1, 0.15) is 24.2 Å². The van der Waals surface area contributed by atoms with E-state index in [4.69, 9.17) is 9.47 Å². The number of aromatic amines is 1. The van der Waals surface area contributed by atoms with Crippen molar-refractivity contribution in [2.75, 3.05) is 19.8 Å². The normalized spacial score (nSPS) is 19.5. The number of hydrogen-bond donors (Lipinski definition) is 1. The standard InChI is InChI=1S/C22H22N4O3/c27-21(14-3-4-17-18(9-14)24-25-23-17)26-12-15-10-19-20(29-8-7-28-19)11-16(15)22(13-26)5-1-2-6-22/h3-4,9-11H,1-2,5-8,12-13H2,(H,23,24,25). The predicted molar refractivity (Wildman–Crippen MR) is 106 cm³/mol. The Morgan fingerprint density at radius 1 is 1.00 bits per heavy atom. The average Bonchev–Trinajstić information content (AvgIpc) is 3.41. The molecule has 0 bridgehead atoms. The molecule has 1 aliphatic carbocycles. The maximum atomic E-state index is 13.4. The van der Waals surface area contributed by atoms with Crippen molar-refractivity contribution in [1.82, 2.24) is 20.3 Å². The molecule has 3 aliphatic rings. The maximum Gasteiger partial charge on any atom is 0.254 e. The van der Waals surface area contributed by atoms with Crippen LogP contribution in [0.2, 0.25) is 0 Å². The van der Waals surface area contributed by atoms with Crippen LogP contribution in [0.1, 0.15) is 47.2 Å². The number of fused-ring (bicyclic) bond motifs is 4. The molecular formula is C22H22N4O3. The smallest absolute Gasteiger partial charge is 0.254 e. The molecule has 2 aliphatic heterocycles. The first kappa shape index (κ1) is 16.8. The molecule has 3 heterocycles. The summed E-state index contributed by atoms with van der Waals surface area (Å²) < 4.78 is 11.7. The van der Waals surface area contributed by atoms with Gasteiger partial charge in [0.15, 0.2) is 11.5 Å². The second-order valence-electron chi connectivity index (χ2n) is 8.33. The van der Waals surface area contributed by atoms with Gasteiger partial charge in [0.2, 0.25) is 0 Å². The molecule has 2 aromatic carbocycles. The summed E-state index contributed by atoms with van der Waals surface area (Å²) in [6.45, 7) is 2.49. The number of H-pyrrole nitrogens is 1. The Morgan fingerprint density at radius 2 is 1.76 bits per heavy atom. The van der Waals surface area contributed by atoms with E-state index in [2.05, 4.69) is 27.5 Å². The minimum atomic E-state index is 0.0110. The van der Waals surface area contributed by atoms with Crippen molar-refractivity contribution in [2.24, 2.45) is 0 Å². The molecule has 1 N–H and O–H groups in total. The van der Waals surface area contributed by atoms with Crippen LogP contribution in [-0.4, -0.2) is 46.0 Å². The number of benzene rings is 2. The average molecular weight is 390 g/mol. The first-order valence-electron chi connectivity index (χ1n) is 10.2. The van der Waals surface area contributed by atoms with Crippen molar-refractivity contribution in [3.05, 3.63) is 47.0 Å². The van der Waals surface area contributed by atoms with Crippen LogP contribution in [0.4, 0.5) is 0 Å². The van der Waals surface area contributed by atoms with Crippen LogP contribution in [-0.2, 0) is 12.0 Å². The summed E-state index contributed by atoms with van der Waals surface area (Å²) >= 11 is 0. The number of nitrogens with zero attached hydrogens (tertiary/aromatic N) is 3. The Morgan fingerprint density at radius 3 is 2.59 bits per heavy atom. The molecule has 3 aromatic rings. The van der Waals surface area contributed by atoms with Crippen molar-refractivity contribution in [3.8, 4) is 11.5 Å². The van der Waals surface area contributed by atoms with Gasteiger partial charge in [-0.25, -0.2) is 0 Å². The quantitative estimate of drug-likeness (QED) is 0.690. The minimum Gasteiger partial charge on any atom is -0.486 e. The van der Waals surface area contributed by atoms with Crippen molar-refractivity contribution < 1.29 is 14.3 Å². The molecule has 1 fully saturated rings. The second-order valence-corrected chi connectivity index (χ2v) is 8.33. The van der Waals surface area contributed by atoms with Gasteiger partial charge in [-0.05, 0) is 54.3 Å². The van der Waals surface area contributed by atoms with E-state index in [1.54, 1.807) is 0 Å². The van der Waals surface area contributed by atoms with Crippen LogP contribution in [0.5, 0.6) is 11.5 Å². The summed E-state index contributed by atoms with van der Waals surface area (Å²) in [5.41, 5.74) is 4.66. The van der Waals surface area contributed by atoms with Crippen LogP contribution in [0.3, 0.4) is 0 Å². The number of aromatic nitrogens is 3. The molecule has 148 valence electrons. The van der Waals surface area contributed by atoms with E-state index in [-0.39, 0.29) is 11.3 Å². The van der Waals surface area contributed by atoms with Crippen molar-refractivity contribution in [3.63, 3.8) is 0 Å². The maximum absolute atomic E-state index is 13.4. The second kappa shape index (κ2) is 6.20. The van der Waals surface area contributed by atoms with Gasteiger partial charge in [0.05, 0.1) is 0 Å². The highest BCUT2D eigenvalue weighted by molar-refractivity contribution is 5.97. The lowest BCUT2D eigenvalue weighted by atomic mass is 9.73. The molecule has 29 heavy (non-hydrogen) atoms. The van der Waals surface area contributed by atoms with Crippen molar-refractivity contribution in [2.45, 2.75) is 37.6 Å². The van der Waals surface area contributed by atoms with Crippen LogP contribution in [0, 0.1) is 0 Å². The van der Waals surface area contributed by atoms with E-state index in [9.17, 15) is 4.79 Å². The topological polar surface area (TPSA) is 80.3 Å². The Balaban J connectivity index is 1.40. The highest BCUT2D eigenvalue weighted by Crippen LogP contribution is 2.49. The summed E-state index contributed by atoms with van der Waals surface area (Å²) in [4.78, 5) is 15.4. The summed E-state index contributed by atoms with van der Waals surface area (Å²) in [6, 6.07) is 9.77. The summed E-state index contributed by atoms with van der Waals surface area (Å²) in [6.07, 6.45) is 4.60. The molecule has 0 saturated heterocycles. The number of nitrogens with one attached hydrogen (secondary N) is 1. The molecule has 0 unspecified atom stereocenters. The van der Waals surface area contributed by atoms with Gasteiger partial charge in [-0.15, -0.1) is 0 Å². The van der Waals surface area contributed by atoms with Crippen molar-refractivity contribution >= 4 is 16.9 Å². The monoisotopic (exact) mass is 390 g/mol. The van der Waals surface area contributed by atoms with E-state index in [0.717, 1.165) is 36.4 Å². The number of carbonyl (C=O) groups is 1. The zero-order chi connectivity index (χ0) is 19.4. The van der Waals surface area contributed by atoms with Gasteiger partial charge >= 0.3 is 0 Å². The van der Waals surface area contributed by atoms with Crippen LogP contribution >= 0.6 is 0 Å². The molecule has 0 atom stereocenters. The van der Waals surface area contributed by atoms with Gasteiger partial charge in [0.25, 0.3) is 5.91 Å². The highest BCUT2D eigenvalue weighted by atomic mass is 16.6. The van der Waals surface area contributed by atoms with E-state index < -0.39 is 0 Å². The molecule has 1 aromatic heterocycles. The number of carbonyl (C=O) groups excluding carboxylic acids is 1. The zero-order valence-corrected chi connectivity index (χ0v) is 16.1. The number of hydrogen-bond acceptors (Lipinski definition) is 5. The Kier molecular flexibility index (Phi) is 3.60. The van der Waals surface area contributed by atoms with Crippen LogP contribution in [0.15, 0.2) is 30.3 Å². The van der Waals surface area contributed by atoms with E-state index in [1.165, 1.54) is 24.0 Å². The number of ether oxygens (including phenoxy) is 2. The molecular weight excluding hydrogens is 368 g/mol. The number of rotatable bonds is 1. The Bertz CT molecular complexity index is 1120. The molecule has 0 radical (unpaired) electrons. The highest BCUT2D eigenvalue weighted by Gasteiger charge is 2.44. The Hall–Kier alpha value is -3.09. The van der Waals surface area contributed by atoms with E-state index in [0.29, 0.717) is 30.8 Å². The van der Waals surface area contributed by atoms with Gasteiger partial charge in [0, 0.05) is 24.1 Å².